The Morgan fingerprint density at radius 1 is 1.05 bits per heavy atom. The lowest BCUT2D eigenvalue weighted by Gasteiger charge is -2.07. The first-order valence-electron chi connectivity index (χ1n) is 5.86. The number of rotatable bonds is 0. The largest absolute Gasteiger partial charge is 0.321 e. The van der Waals surface area contributed by atoms with E-state index in [1.165, 1.54) is 24.3 Å². The molecular weight excluding hydrogens is 298 g/mol. The normalized spacial score (nSPS) is 15.8. The maximum atomic E-state index is 12.6. The zero-order chi connectivity index (χ0) is 14.5. The van der Waals surface area contributed by atoms with Crippen molar-refractivity contribution in [1.82, 2.24) is 0 Å². The number of fused-ring (bicyclic) bond motifs is 2. The van der Waals surface area contributed by atoms with Crippen molar-refractivity contribution in [2.45, 2.75) is 16.7 Å². The lowest BCUT2D eigenvalue weighted by atomic mass is 10.2. The highest BCUT2D eigenvalue weighted by atomic mass is 35.5. The Labute approximate surface area is 121 Å². The van der Waals surface area contributed by atoms with E-state index < -0.39 is 15.7 Å². The molecule has 0 saturated heterocycles. The fraction of sp³-hybridized carbons (Fsp3) is 0.0714. The molecule has 3 rings (SSSR count). The summed E-state index contributed by atoms with van der Waals surface area (Å²) in [7, 11) is -3.75. The summed E-state index contributed by atoms with van der Waals surface area (Å²) in [5, 5.41) is 2.94. The van der Waals surface area contributed by atoms with Gasteiger partial charge in [-0.25, -0.2) is 8.42 Å². The second-order valence-corrected chi connectivity index (χ2v) is 6.92. The van der Waals surface area contributed by atoms with Gasteiger partial charge in [0, 0.05) is 5.02 Å². The van der Waals surface area contributed by atoms with Crippen LogP contribution in [0.4, 0.5) is 5.69 Å². The summed E-state index contributed by atoms with van der Waals surface area (Å²) in [4.78, 5) is 12.3. The molecular formula is C14H10ClNO3S. The van der Waals surface area contributed by atoms with E-state index in [9.17, 15) is 13.2 Å². The minimum Gasteiger partial charge on any atom is -0.321 e. The summed E-state index contributed by atoms with van der Waals surface area (Å²) in [6.45, 7) is 1.83. The summed E-state index contributed by atoms with van der Waals surface area (Å²) < 4.78 is 25.3. The Bertz CT molecular complexity index is 843. The molecule has 0 saturated carbocycles. The minimum absolute atomic E-state index is 0.0259. The highest BCUT2D eigenvalue weighted by Gasteiger charge is 2.31. The molecule has 102 valence electrons. The first kappa shape index (κ1) is 13.1. The van der Waals surface area contributed by atoms with Crippen LogP contribution in [-0.2, 0) is 9.84 Å². The summed E-state index contributed by atoms with van der Waals surface area (Å²) >= 11 is 5.85. The van der Waals surface area contributed by atoms with Gasteiger partial charge in [-0.3, -0.25) is 4.79 Å². The molecule has 0 fully saturated rings. The number of carbonyl (C=O) groups excluding carboxylic acids is 1. The monoisotopic (exact) mass is 307 g/mol. The maximum absolute atomic E-state index is 12.6. The van der Waals surface area contributed by atoms with Crippen LogP contribution < -0.4 is 5.32 Å². The Kier molecular flexibility index (Phi) is 2.84. The fourth-order valence-corrected chi connectivity index (χ4v) is 3.94. The Morgan fingerprint density at radius 3 is 2.50 bits per heavy atom. The third-order valence-corrected chi connectivity index (χ3v) is 5.25. The molecule has 0 unspecified atom stereocenters. The van der Waals surface area contributed by atoms with Gasteiger partial charge < -0.3 is 5.32 Å². The van der Waals surface area contributed by atoms with E-state index in [0.29, 0.717) is 10.7 Å². The molecule has 0 aromatic heterocycles. The average molecular weight is 308 g/mol. The van der Waals surface area contributed by atoms with Crippen molar-refractivity contribution >= 4 is 33.0 Å². The van der Waals surface area contributed by atoms with Crippen molar-refractivity contribution in [2.24, 2.45) is 0 Å². The number of anilines is 1. The van der Waals surface area contributed by atoms with E-state index in [1.54, 1.807) is 12.1 Å². The van der Waals surface area contributed by atoms with Crippen LogP contribution in [0.5, 0.6) is 0 Å². The van der Waals surface area contributed by atoms with Gasteiger partial charge in [0.1, 0.15) is 0 Å². The molecule has 2 aromatic rings. The zero-order valence-electron chi connectivity index (χ0n) is 10.5. The number of aryl methyl sites for hydroxylation is 1. The molecule has 0 atom stereocenters. The van der Waals surface area contributed by atoms with Crippen LogP contribution in [-0.4, -0.2) is 14.3 Å². The molecule has 0 spiro atoms. The van der Waals surface area contributed by atoms with Gasteiger partial charge >= 0.3 is 0 Å². The molecule has 6 heteroatoms. The third-order valence-electron chi connectivity index (χ3n) is 3.15. The van der Waals surface area contributed by atoms with Gasteiger partial charge in [0.2, 0.25) is 9.84 Å². The number of benzene rings is 2. The first-order chi connectivity index (χ1) is 9.39. The van der Waals surface area contributed by atoms with Crippen molar-refractivity contribution in [2.75, 3.05) is 5.32 Å². The SMILES string of the molecule is Cc1ccc2c(c1)NC(=O)c1cc(Cl)ccc1S2(=O)=O. The molecule has 1 amide bonds. The summed E-state index contributed by atoms with van der Waals surface area (Å²) in [6, 6.07) is 9.03. The van der Waals surface area contributed by atoms with Crippen LogP contribution in [0.15, 0.2) is 46.2 Å². The van der Waals surface area contributed by atoms with Gasteiger partial charge in [-0.05, 0) is 42.8 Å². The second kappa shape index (κ2) is 4.33. The van der Waals surface area contributed by atoms with E-state index >= 15 is 0 Å². The maximum Gasteiger partial charge on any atom is 0.257 e. The number of hydrogen-bond acceptors (Lipinski definition) is 3. The van der Waals surface area contributed by atoms with Gasteiger partial charge in [-0.2, -0.15) is 0 Å². The molecule has 20 heavy (non-hydrogen) atoms. The van der Waals surface area contributed by atoms with E-state index in [1.807, 2.05) is 6.92 Å². The van der Waals surface area contributed by atoms with Crippen LogP contribution in [0.2, 0.25) is 5.02 Å². The molecule has 0 aliphatic carbocycles. The molecule has 1 aliphatic heterocycles. The van der Waals surface area contributed by atoms with Crippen molar-refractivity contribution < 1.29 is 13.2 Å². The first-order valence-corrected chi connectivity index (χ1v) is 7.72. The van der Waals surface area contributed by atoms with E-state index in [0.717, 1.165) is 5.56 Å². The lowest BCUT2D eigenvalue weighted by Crippen LogP contribution is -2.11. The number of sulfone groups is 1. The number of hydrogen-bond donors (Lipinski definition) is 1. The molecule has 0 bridgehead atoms. The Balaban J connectivity index is 2.39. The number of halogens is 1. The van der Waals surface area contributed by atoms with E-state index in [2.05, 4.69) is 5.32 Å². The van der Waals surface area contributed by atoms with Crippen LogP contribution in [0.1, 0.15) is 15.9 Å². The van der Waals surface area contributed by atoms with Gasteiger partial charge in [0.25, 0.3) is 5.91 Å². The number of nitrogens with one attached hydrogen (secondary N) is 1. The summed E-state index contributed by atoms with van der Waals surface area (Å²) in [5.74, 6) is -0.476. The summed E-state index contributed by atoms with van der Waals surface area (Å²) in [6.07, 6.45) is 0. The van der Waals surface area contributed by atoms with Gasteiger partial charge in [-0.1, -0.05) is 17.7 Å². The minimum atomic E-state index is -3.75. The van der Waals surface area contributed by atoms with Gasteiger partial charge in [0.15, 0.2) is 0 Å². The molecule has 4 nitrogen and oxygen atoms in total. The molecule has 1 heterocycles. The lowest BCUT2D eigenvalue weighted by molar-refractivity contribution is 0.102. The van der Waals surface area contributed by atoms with Gasteiger partial charge in [0.05, 0.1) is 21.0 Å². The van der Waals surface area contributed by atoms with E-state index in [4.69, 9.17) is 11.6 Å². The zero-order valence-corrected chi connectivity index (χ0v) is 12.0. The second-order valence-electron chi connectivity index (χ2n) is 4.60. The highest BCUT2D eigenvalue weighted by Crippen LogP contribution is 2.34. The van der Waals surface area contributed by atoms with Crippen LogP contribution in [0.25, 0.3) is 0 Å². The molecule has 2 aromatic carbocycles. The van der Waals surface area contributed by atoms with Crippen molar-refractivity contribution in [3.8, 4) is 0 Å². The number of amides is 1. The summed E-state index contributed by atoms with van der Waals surface area (Å²) in [5.41, 5.74) is 1.22. The average Bonchev–Trinajstić information content (AvgIpc) is 2.44. The quantitative estimate of drug-likeness (QED) is 0.813. The molecule has 1 N–H and O–H groups in total. The number of carbonyl (C=O) groups is 1. The fourth-order valence-electron chi connectivity index (χ4n) is 2.20. The van der Waals surface area contributed by atoms with E-state index in [-0.39, 0.29) is 15.4 Å². The standard InChI is InChI=1S/C14H10ClNO3S/c1-8-2-4-13-11(6-8)16-14(17)10-7-9(15)3-5-12(10)20(13,18)19/h2-7H,1H3,(H,16,17). The Morgan fingerprint density at radius 2 is 1.75 bits per heavy atom. The van der Waals surface area contributed by atoms with Crippen molar-refractivity contribution in [3.05, 3.63) is 52.5 Å². The van der Waals surface area contributed by atoms with Crippen LogP contribution in [0, 0.1) is 6.92 Å². The Hall–Kier alpha value is -1.85. The highest BCUT2D eigenvalue weighted by molar-refractivity contribution is 7.91. The molecule has 1 aliphatic rings. The van der Waals surface area contributed by atoms with Crippen LogP contribution in [0.3, 0.4) is 0 Å². The van der Waals surface area contributed by atoms with Crippen molar-refractivity contribution in [1.29, 1.82) is 0 Å². The predicted molar refractivity (Wildman–Crippen MR) is 76.0 cm³/mol. The van der Waals surface area contributed by atoms with Crippen molar-refractivity contribution in [3.63, 3.8) is 0 Å². The third kappa shape index (κ3) is 1.90. The molecule has 0 radical (unpaired) electrons. The smallest absolute Gasteiger partial charge is 0.257 e. The topological polar surface area (TPSA) is 63.2 Å². The van der Waals surface area contributed by atoms with Crippen LogP contribution >= 0.6 is 11.6 Å². The van der Waals surface area contributed by atoms with Gasteiger partial charge in [-0.15, -0.1) is 0 Å². The predicted octanol–water partition coefficient (Wildman–Crippen LogP) is 3.05.